The molecule has 4 rings (SSSR count). The number of thioether (sulfide) groups is 1. The lowest BCUT2D eigenvalue weighted by Gasteiger charge is -2.25. The number of rotatable bonds is 3. The van der Waals surface area contributed by atoms with Crippen molar-refractivity contribution in [3.63, 3.8) is 0 Å². The summed E-state index contributed by atoms with van der Waals surface area (Å²) in [4.78, 5) is 20.6. The summed E-state index contributed by atoms with van der Waals surface area (Å²) in [6.07, 6.45) is 0. The van der Waals surface area contributed by atoms with Gasteiger partial charge in [-0.1, -0.05) is 30.3 Å². The number of morpholine rings is 1. The molecule has 1 N–H and O–H groups in total. The van der Waals surface area contributed by atoms with Crippen molar-refractivity contribution >= 4 is 29.6 Å². The van der Waals surface area contributed by atoms with Crippen LogP contribution in [0.3, 0.4) is 0 Å². The molecule has 0 saturated carbocycles. The molecule has 23 heavy (non-hydrogen) atoms. The summed E-state index contributed by atoms with van der Waals surface area (Å²) < 4.78 is 5.34. The molecule has 2 fully saturated rings. The largest absolute Gasteiger partial charge is 0.378 e. The quantitative estimate of drug-likeness (QED) is 0.917. The maximum absolute atomic E-state index is 12.3. The summed E-state index contributed by atoms with van der Waals surface area (Å²) in [7, 11) is 0. The Morgan fingerprint density at radius 2 is 2.00 bits per heavy atom. The Labute approximate surface area is 138 Å². The molecule has 1 aromatic carbocycles. The van der Waals surface area contributed by atoms with Crippen LogP contribution in [-0.2, 0) is 9.53 Å². The highest BCUT2D eigenvalue weighted by molar-refractivity contribution is 8.00. The number of anilines is 2. The molecule has 8 heteroatoms. The van der Waals surface area contributed by atoms with Crippen molar-refractivity contribution in [2.45, 2.75) is 5.37 Å². The summed E-state index contributed by atoms with van der Waals surface area (Å²) in [5.74, 6) is 1.64. The average Bonchev–Trinajstić information content (AvgIpc) is 3.23. The third kappa shape index (κ3) is 2.79. The minimum absolute atomic E-state index is 0.0496. The van der Waals surface area contributed by atoms with Crippen LogP contribution in [0.15, 0.2) is 30.3 Å². The van der Waals surface area contributed by atoms with Crippen molar-refractivity contribution in [1.29, 1.82) is 0 Å². The summed E-state index contributed by atoms with van der Waals surface area (Å²) in [6, 6.07) is 10.00. The van der Waals surface area contributed by atoms with Gasteiger partial charge in [0.05, 0.1) is 19.0 Å². The molecule has 2 aliphatic heterocycles. The lowest BCUT2D eigenvalue weighted by atomic mass is 10.2. The van der Waals surface area contributed by atoms with Crippen LogP contribution in [0, 0.1) is 0 Å². The van der Waals surface area contributed by atoms with Crippen molar-refractivity contribution in [1.82, 2.24) is 15.2 Å². The number of amides is 1. The third-order valence-electron chi connectivity index (χ3n) is 3.94. The van der Waals surface area contributed by atoms with Crippen molar-refractivity contribution in [2.75, 3.05) is 41.9 Å². The Hall–Kier alpha value is -2.06. The minimum Gasteiger partial charge on any atom is -0.378 e. The Bertz CT molecular complexity index is 686. The molecule has 3 heterocycles. The van der Waals surface area contributed by atoms with Crippen LogP contribution >= 0.6 is 11.8 Å². The highest BCUT2D eigenvalue weighted by Gasteiger charge is 2.36. The van der Waals surface area contributed by atoms with E-state index < -0.39 is 0 Å². The number of hydrogen-bond acceptors (Lipinski definition) is 6. The molecule has 2 aromatic rings. The van der Waals surface area contributed by atoms with E-state index in [1.54, 1.807) is 16.7 Å². The first-order valence-corrected chi connectivity index (χ1v) is 8.61. The van der Waals surface area contributed by atoms with Crippen molar-refractivity contribution < 1.29 is 9.53 Å². The van der Waals surface area contributed by atoms with Gasteiger partial charge in [-0.25, -0.2) is 5.10 Å². The van der Waals surface area contributed by atoms with Gasteiger partial charge < -0.3 is 9.64 Å². The molecule has 120 valence electrons. The Morgan fingerprint density at radius 1 is 1.22 bits per heavy atom. The second-order valence-corrected chi connectivity index (χ2v) is 6.46. The van der Waals surface area contributed by atoms with Gasteiger partial charge in [-0.2, -0.15) is 4.98 Å². The summed E-state index contributed by atoms with van der Waals surface area (Å²) in [6.45, 7) is 2.88. The number of aromatic amines is 1. The van der Waals surface area contributed by atoms with Crippen LogP contribution in [0.25, 0.3) is 0 Å². The molecule has 2 aliphatic rings. The maximum atomic E-state index is 12.3. The fourth-order valence-electron chi connectivity index (χ4n) is 2.77. The van der Waals surface area contributed by atoms with Gasteiger partial charge in [0.15, 0.2) is 0 Å². The van der Waals surface area contributed by atoms with E-state index >= 15 is 0 Å². The summed E-state index contributed by atoms with van der Waals surface area (Å²) in [5, 5.41) is 7.14. The van der Waals surface area contributed by atoms with E-state index in [1.807, 2.05) is 30.3 Å². The normalized spacial score (nSPS) is 21.9. The molecule has 0 radical (unpaired) electrons. The van der Waals surface area contributed by atoms with Gasteiger partial charge >= 0.3 is 0 Å². The van der Waals surface area contributed by atoms with Gasteiger partial charge in [-0.15, -0.1) is 16.9 Å². The van der Waals surface area contributed by atoms with Gasteiger partial charge in [0.25, 0.3) is 0 Å². The SMILES string of the molecule is O=C1CSC(c2ccccc2)N1c1nc(N2CCOCC2)n[nH]1. The number of carbonyl (C=O) groups is 1. The zero-order valence-electron chi connectivity index (χ0n) is 12.5. The Kier molecular flexibility index (Phi) is 3.92. The maximum Gasteiger partial charge on any atom is 0.246 e. The monoisotopic (exact) mass is 331 g/mol. The number of aromatic nitrogens is 3. The van der Waals surface area contributed by atoms with E-state index in [1.165, 1.54) is 0 Å². The molecular formula is C15H17N5O2S. The lowest BCUT2D eigenvalue weighted by molar-refractivity contribution is -0.115. The predicted molar refractivity (Wildman–Crippen MR) is 88.5 cm³/mol. The summed E-state index contributed by atoms with van der Waals surface area (Å²) >= 11 is 1.61. The first-order valence-electron chi connectivity index (χ1n) is 7.56. The van der Waals surface area contributed by atoms with Crippen LogP contribution in [0.1, 0.15) is 10.9 Å². The molecule has 7 nitrogen and oxygen atoms in total. The van der Waals surface area contributed by atoms with Crippen molar-refractivity contribution in [2.24, 2.45) is 0 Å². The number of H-pyrrole nitrogens is 1. The smallest absolute Gasteiger partial charge is 0.246 e. The molecule has 1 amide bonds. The molecule has 1 unspecified atom stereocenters. The van der Waals surface area contributed by atoms with E-state index in [0.717, 1.165) is 18.7 Å². The van der Waals surface area contributed by atoms with E-state index in [2.05, 4.69) is 20.1 Å². The van der Waals surface area contributed by atoms with Crippen molar-refractivity contribution in [3.05, 3.63) is 35.9 Å². The zero-order valence-corrected chi connectivity index (χ0v) is 13.3. The topological polar surface area (TPSA) is 74.3 Å². The fourth-order valence-corrected chi connectivity index (χ4v) is 3.93. The van der Waals surface area contributed by atoms with E-state index in [-0.39, 0.29) is 11.3 Å². The number of hydrogen-bond donors (Lipinski definition) is 1. The van der Waals surface area contributed by atoms with Crippen LogP contribution < -0.4 is 9.80 Å². The standard InChI is InChI=1S/C15H17N5O2S/c21-12-10-23-13(11-4-2-1-3-5-11)20(12)15-16-14(17-18-15)19-6-8-22-9-7-19/h1-5,13H,6-10H2,(H,16,17,18). The second-order valence-electron chi connectivity index (χ2n) is 5.40. The number of carbonyl (C=O) groups excluding carboxylic acids is 1. The third-order valence-corrected chi connectivity index (χ3v) is 5.15. The Morgan fingerprint density at radius 3 is 2.78 bits per heavy atom. The average molecular weight is 331 g/mol. The predicted octanol–water partition coefficient (Wildman–Crippen LogP) is 1.42. The first kappa shape index (κ1) is 14.5. The van der Waals surface area contributed by atoms with Gasteiger partial charge in [0.2, 0.25) is 17.8 Å². The molecule has 1 aromatic heterocycles. The van der Waals surface area contributed by atoms with Gasteiger partial charge in [0, 0.05) is 13.1 Å². The van der Waals surface area contributed by atoms with Crippen LogP contribution in [0.2, 0.25) is 0 Å². The Balaban J connectivity index is 1.60. The first-order chi connectivity index (χ1) is 11.3. The highest BCUT2D eigenvalue weighted by atomic mass is 32.2. The second kappa shape index (κ2) is 6.21. The van der Waals surface area contributed by atoms with E-state index in [4.69, 9.17) is 4.74 Å². The fraction of sp³-hybridized carbons (Fsp3) is 0.400. The molecule has 0 bridgehead atoms. The van der Waals surface area contributed by atoms with Gasteiger partial charge in [0.1, 0.15) is 5.37 Å². The number of ether oxygens (including phenoxy) is 1. The number of nitrogens with one attached hydrogen (secondary N) is 1. The van der Waals surface area contributed by atoms with Gasteiger partial charge in [-0.05, 0) is 5.56 Å². The van der Waals surface area contributed by atoms with Crippen LogP contribution in [0.4, 0.5) is 11.9 Å². The highest BCUT2D eigenvalue weighted by Crippen LogP contribution is 2.40. The molecule has 1 atom stereocenters. The minimum atomic E-state index is -0.0609. The zero-order chi connectivity index (χ0) is 15.6. The van der Waals surface area contributed by atoms with Gasteiger partial charge in [-0.3, -0.25) is 9.69 Å². The van der Waals surface area contributed by atoms with Crippen LogP contribution in [0.5, 0.6) is 0 Å². The molecule has 2 saturated heterocycles. The lowest BCUT2D eigenvalue weighted by Crippen LogP contribution is -2.37. The van der Waals surface area contributed by atoms with Crippen molar-refractivity contribution in [3.8, 4) is 0 Å². The molecular weight excluding hydrogens is 314 g/mol. The van der Waals surface area contributed by atoms with Crippen LogP contribution in [-0.4, -0.2) is 53.1 Å². The summed E-state index contributed by atoms with van der Waals surface area (Å²) in [5.41, 5.74) is 1.09. The van der Waals surface area contributed by atoms with E-state index in [9.17, 15) is 4.79 Å². The molecule has 0 aliphatic carbocycles. The van der Waals surface area contributed by atoms with E-state index in [0.29, 0.717) is 30.9 Å². The number of nitrogens with zero attached hydrogens (tertiary/aromatic N) is 4. The molecule has 0 spiro atoms. The number of benzene rings is 1.